The van der Waals surface area contributed by atoms with Crippen molar-refractivity contribution in [2.75, 3.05) is 25.5 Å². The Hall–Kier alpha value is -2.92. The summed E-state index contributed by atoms with van der Waals surface area (Å²) in [7, 11) is 1.68. The molecule has 2 N–H and O–H groups in total. The van der Waals surface area contributed by atoms with Crippen molar-refractivity contribution in [2.24, 2.45) is 0 Å². The lowest BCUT2D eigenvalue weighted by molar-refractivity contribution is 0.415. The van der Waals surface area contributed by atoms with Gasteiger partial charge in [-0.1, -0.05) is 17.7 Å². The quantitative estimate of drug-likeness (QED) is 0.679. The van der Waals surface area contributed by atoms with Gasteiger partial charge in [0.25, 0.3) is 0 Å². The lowest BCUT2D eigenvalue weighted by Gasteiger charge is -2.22. The van der Waals surface area contributed by atoms with Crippen molar-refractivity contribution < 1.29 is 4.74 Å². The Kier molecular flexibility index (Phi) is 5.53. The summed E-state index contributed by atoms with van der Waals surface area (Å²) in [5, 5.41) is 6.91. The predicted octanol–water partition coefficient (Wildman–Crippen LogP) is 4.67. The maximum Gasteiger partial charge on any atom is 0.135 e. The van der Waals surface area contributed by atoms with Crippen LogP contribution in [0.5, 0.6) is 5.75 Å². The van der Waals surface area contributed by atoms with Crippen LogP contribution in [-0.4, -0.2) is 30.2 Å². The second kappa shape index (κ2) is 8.40. The van der Waals surface area contributed by atoms with Gasteiger partial charge in [0.2, 0.25) is 0 Å². The van der Waals surface area contributed by atoms with Gasteiger partial charge in [0, 0.05) is 29.8 Å². The Labute approximate surface area is 166 Å². The molecule has 0 aliphatic carbocycles. The van der Waals surface area contributed by atoms with E-state index in [9.17, 15) is 0 Å². The van der Waals surface area contributed by atoms with Crippen LogP contribution >= 0.6 is 0 Å². The topological polar surface area (TPSA) is 59.1 Å². The number of aromatic nitrogens is 2. The predicted molar refractivity (Wildman–Crippen MR) is 113 cm³/mol. The Bertz CT molecular complexity index is 916. The fourth-order valence-corrected chi connectivity index (χ4v) is 3.48. The van der Waals surface area contributed by atoms with E-state index in [1.807, 2.05) is 30.3 Å². The minimum Gasteiger partial charge on any atom is -0.497 e. The number of benzene rings is 2. The van der Waals surface area contributed by atoms with Gasteiger partial charge in [-0.25, -0.2) is 9.97 Å². The molecule has 4 rings (SSSR count). The first-order valence-corrected chi connectivity index (χ1v) is 9.79. The molecule has 1 aromatic heterocycles. The minimum absolute atomic E-state index is 0.338. The molecule has 2 aromatic carbocycles. The molecule has 0 radical (unpaired) electrons. The van der Waals surface area contributed by atoms with Crippen molar-refractivity contribution in [2.45, 2.75) is 25.7 Å². The second-order valence-corrected chi connectivity index (χ2v) is 7.26. The number of ether oxygens (including phenoxy) is 1. The Balaban J connectivity index is 1.70. The van der Waals surface area contributed by atoms with Gasteiger partial charge in [-0.05, 0) is 62.7 Å². The van der Waals surface area contributed by atoms with Crippen molar-refractivity contribution in [1.82, 2.24) is 15.3 Å². The lowest BCUT2D eigenvalue weighted by Crippen LogP contribution is -2.29. The van der Waals surface area contributed by atoms with Gasteiger partial charge in [0.1, 0.15) is 17.4 Å². The fraction of sp³-hybridized carbons (Fsp3) is 0.304. The van der Waals surface area contributed by atoms with Crippen LogP contribution in [0.15, 0.2) is 54.6 Å². The summed E-state index contributed by atoms with van der Waals surface area (Å²) in [6.45, 7) is 4.09. The van der Waals surface area contributed by atoms with E-state index in [0.29, 0.717) is 5.92 Å². The first kappa shape index (κ1) is 18.4. The van der Waals surface area contributed by atoms with Crippen LogP contribution in [0, 0.1) is 6.92 Å². The highest BCUT2D eigenvalue weighted by molar-refractivity contribution is 5.66. The molecular formula is C23H26N4O. The van der Waals surface area contributed by atoms with Crippen molar-refractivity contribution in [1.29, 1.82) is 0 Å². The van der Waals surface area contributed by atoms with E-state index in [1.54, 1.807) is 7.11 Å². The first-order valence-electron chi connectivity index (χ1n) is 9.79. The standard InChI is InChI=1S/C23H26N4O/c1-16-5-9-19(10-6-16)25-22-14-21(17-7-11-20(28-2)12-8-17)26-23(27-22)18-4-3-13-24-15-18/h5-12,14,18,24H,3-4,13,15H2,1-2H3,(H,25,26,27). The number of aryl methyl sites for hydroxylation is 1. The van der Waals surface area contributed by atoms with Crippen LogP contribution in [0.1, 0.15) is 30.1 Å². The van der Waals surface area contributed by atoms with Gasteiger partial charge in [0.15, 0.2) is 0 Å². The van der Waals surface area contributed by atoms with Gasteiger partial charge in [-0.15, -0.1) is 0 Å². The van der Waals surface area contributed by atoms with E-state index in [4.69, 9.17) is 14.7 Å². The average molecular weight is 374 g/mol. The number of methoxy groups -OCH3 is 1. The number of piperidine rings is 1. The van der Waals surface area contributed by atoms with Gasteiger partial charge >= 0.3 is 0 Å². The summed E-state index contributed by atoms with van der Waals surface area (Å²) in [5.74, 6) is 2.90. The summed E-state index contributed by atoms with van der Waals surface area (Å²) < 4.78 is 5.28. The number of nitrogens with zero attached hydrogens (tertiary/aromatic N) is 2. The highest BCUT2D eigenvalue weighted by atomic mass is 16.5. The maximum atomic E-state index is 5.28. The SMILES string of the molecule is COc1ccc(-c2cc(Nc3ccc(C)cc3)nc(C3CCCNC3)n2)cc1. The largest absolute Gasteiger partial charge is 0.497 e. The molecule has 0 spiro atoms. The highest BCUT2D eigenvalue weighted by Crippen LogP contribution is 2.28. The number of anilines is 2. The molecule has 1 fully saturated rings. The summed E-state index contributed by atoms with van der Waals surface area (Å²) in [4.78, 5) is 9.75. The smallest absolute Gasteiger partial charge is 0.135 e. The molecule has 5 heteroatoms. The molecule has 1 atom stereocenters. The first-order chi connectivity index (χ1) is 13.7. The van der Waals surface area contributed by atoms with Crippen LogP contribution in [0.3, 0.4) is 0 Å². The van der Waals surface area contributed by atoms with Crippen LogP contribution < -0.4 is 15.4 Å². The molecule has 2 heterocycles. The zero-order valence-corrected chi connectivity index (χ0v) is 16.4. The third-order valence-electron chi connectivity index (χ3n) is 5.12. The molecule has 28 heavy (non-hydrogen) atoms. The molecule has 1 saturated heterocycles. The van der Waals surface area contributed by atoms with Crippen LogP contribution in [0.4, 0.5) is 11.5 Å². The van der Waals surface area contributed by atoms with Gasteiger partial charge in [0.05, 0.1) is 12.8 Å². The van der Waals surface area contributed by atoms with E-state index in [1.165, 1.54) is 5.56 Å². The number of hydrogen-bond acceptors (Lipinski definition) is 5. The van der Waals surface area contributed by atoms with Crippen LogP contribution in [0.2, 0.25) is 0 Å². The minimum atomic E-state index is 0.338. The van der Waals surface area contributed by atoms with Crippen LogP contribution in [-0.2, 0) is 0 Å². The molecular weight excluding hydrogens is 348 g/mol. The Morgan fingerprint density at radius 3 is 2.50 bits per heavy atom. The van der Waals surface area contributed by atoms with E-state index < -0.39 is 0 Å². The number of rotatable bonds is 5. The summed E-state index contributed by atoms with van der Waals surface area (Å²) >= 11 is 0. The molecule has 1 aliphatic rings. The van der Waals surface area contributed by atoms with Crippen molar-refractivity contribution in [3.63, 3.8) is 0 Å². The third kappa shape index (κ3) is 4.31. The summed E-state index contributed by atoms with van der Waals surface area (Å²) in [6, 6.07) is 18.4. The zero-order chi connectivity index (χ0) is 19.3. The lowest BCUT2D eigenvalue weighted by atomic mass is 9.98. The van der Waals surface area contributed by atoms with Gasteiger partial charge in [-0.3, -0.25) is 0 Å². The molecule has 144 valence electrons. The van der Waals surface area contributed by atoms with E-state index in [-0.39, 0.29) is 0 Å². The summed E-state index contributed by atoms with van der Waals surface area (Å²) in [6.07, 6.45) is 2.27. The molecule has 0 bridgehead atoms. The van der Waals surface area contributed by atoms with Gasteiger partial charge in [-0.2, -0.15) is 0 Å². The summed E-state index contributed by atoms with van der Waals surface area (Å²) in [5.41, 5.74) is 4.24. The van der Waals surface area contributed by atoms with Gasteiger partial charge < -0.3 is 15.4 Å². The molecule has 0 amide bonds. The molecule has 5 nitrogen and oxygen atoms in total. The Morgan fingerprint density at radius 2 is 1.82 bits per heavy atom. The van der Waals surface area contributed by atoms with Crippen molar-refractivity contribution in [3.8, 4) is 17.0 Å². The number of nitrogens with one attached hydrogen (secondary N) is 2. The average Bonchev–Trinajstić information content (AvgIpc) is 2.76. The molecule has 1 aliphatic heterocycles. The second-order valence-electron chi connectivity index (χ2n) is 7.26. The molecule has 3 aromatic rings. The Morgan fingerprint density at radius 1 is 1.04 bits per heavy atom. The van der Waals surface area contributed by atoms with Crippen molar-refractivity contribution >= 4 is 11.5 Å². The normalized spacial score (nSPS) is 16.6. The fourth-order valence-electron chi connectivity index (χ4n) is 3.48. The van der Waals surface area contributed by atoms with E-state index in [0.717, 1.165) is 60.3 Å². The van der Waals surface area contributed by atoms with Crippen LogP contribution in [0.25, 0.3) is 11.3 Å². The molecule has 0 saturated carbocycles. The highest BCUT2D eigenvalue weighted by Gasteiger charge is 2.20. The monoisotopic (exact) mass is 374 g/mol. The molecule has 1 unspecified atom stereocenters. The van der Waals surface area contributed by atoms with E-state index in [2.05, 4.69) is 41.8 Å². The maximum absolute atomic E-state index is 5.28. The number of hydrogen-bond donors (Lipinski definition) is 2. The van der Waals surface area contributed by atoms with Crippen molar-refractivity contribution in [3.05, 3.63) is 66.0 Å². The zero-order valence-electron chi connectivity index (χ0n) is 16.4. The third-order valence-corrected chi connectivity index (χ3v) is 5.12. The van der Waals surface area contributed by atoms with E-state index >= 15 is 0 Å².